The van der Waals surface area contributed by atoms with Gasteiger partial charge >= 0.3 is 0 Å². The van der Waals surface area contributed by atoms with Gasteiger partial charge in [-0.25, -0.2) is 0 Å². The summed E-state index contributed by atoms with van der Waals surface area (Å²) >= 11 is 0. The molecule has 1 aromatic carbocycles. The Kier molecular flexibility index (Phi) is 2.38. The van der Waals surface area contributed by atoms with Gasteiger partial charge in [0, 0.05) is 5.41 Å². The number of fused-ring (bicyclic) bond motifs is 3. The summed E-state index contributed by atoms with van der Waals surface area (Å²) in [6, 6.07) is 9.07. The predicted octanol–water partition coefficient (Wildman–Crippen LogP) is 5.58. The number of hydrogen-bond donors (Lipinski definition) is 0. The molecule has 0 heterocycles. The number of rotatable bonds is 1. The topological polar surface area (TPSA) is 0 Å². The highest BCUT2D eigenvalue weighted by molar-refractivity contribution is 5.93. The van der Waals surface area contributed by atoms with E-state index >= 15 is 0 Å². The van der Waals surface area contributed by atoms with Crippen molar-refractivity contribution in [3.8, 4) is 0 Å². The van der Waals surface area contributed by atoms with E-state index in [1.165, 1.54) is 30.4 Å². The third-order valence-electron chi connectivity index (χ3n) is 6.12. The number of hydrogen-bond acceptors (Lipinski definition) is 0. The van der Waals surface area contributed by atoms with Crippen molar-refractivity contribution in [3.05, 3.63) is 76.4 Å². The molecule has 0 aromatic heterocycles. The first-order valence-corrected chi connectivity index (χ1v) is 8.61. The molecule has 0 amide bonds. The molecule has 2 unspecified atom stereocenters. The molecule has 1 saturated carbocycles. The molecule has 0 spiro atoms. The van der Waals surface area contributed by atoms with Gasteiger partial charge in [0.1, 0.15) is 0 Å². The van der Waals surface area contributed by atoms with Crippen LogP contribution >= 0.6 is 0 Å². The molecule has 4 aliphatic carbocycles. The molecule has 0 bridgehead atoms. The lowest BCUT2D eigenvalue weighted by molar-refractivity contribution is 0.606. The number of allylic oxidation sites excluding steroid dienone is 8. The molecule has 0 saturated heterocycles. The minimum Gasteiger partial charge on any atom is -0.0808 e. The van der Waals surface area contributed by atoms with Crippen LogP contribution in [0, 0.1) is 11.8 Å². The number of benzene rings is 1. The largest absolute Gasteiger partial charge is 0.0808 e. The SMILES string of the molecule is CC1(C)C2=C(C(C3=CC=CC4CC34)=CCC2)c2ccccc21. The van der Waals surface area contributed by atoms with Crippen molar-refractivity contribution in [2.24, 2.45) is 11.8 Å². The minimum absolute atomic E-state index is 0.194. The Morgan fingerprint density at radius 3 is 2.91 bits per heavy atom. The van der Waals surface area contributed by atoms with Gasteiger partial charge < -0.3 is 0 Å². The van der Waals surface area contributed by atoms with Crippen molar-refractivity contribution in [2.45, 2.75) is 38.5 Å². The normalized spacial score (nSPS) is 30.3. The van der Waals surface area contributed by atoms with Gasteiger partial charge in [0.2, 0.25) is 0 Å². The molecule has 1 aromatic rings. The van der Waals surface area contributed by atoms with Crippen LogP contribution in [0.1, 0.15) is 44.2 Å². The van der Waals surface area contributed by atoms with Gasteiger partial charge in [0.05, 0.1) is 0 Å². The van der Waals surface area contributed by atoms with Crippen molar-refractivity contribution < 1.29 is 0 Å². The van der Waals surface area contributed by atoms with Gasteiger partial charge in [-0.2, -0.15) is 0 Å². The molecule has 4 aliphatic rings. The Hall–Kier alpha value is -1.82. The monoisotopic (exact) mass is 286 g/mol. The first-order valence-electron chi connectivity index (χ1n) is 8.61. The van der Waals surface area contributed by atoms with Gasteiger partial charge in [-0.15, -0.1) is 0 Å². The van der Waals surface area contributed by atoms with Crippen molar-refractivity contribution in [2.75, 3.05) is 0 Å². The fourth-order valence-corrected chi connectivity index (χ4v) is 4.85. The molecule has 5 rings (SSSR count). The molecule has 1 fully saturated rings. The molecule has 22 heavy (non-hydrogen) atoms. The van der Waals surface area contributed by atoms with Crippen LogP contribution < -0.4 is 0 Å². The zero-order chi connectivity index (χ0) is 14.9. The molecule has 0 heteroatoms. The average molecular weight is 286 g/mol. The molecule has 0 radical (unpaired) electrons. The quantitative estimate of drug-likeness (QED) is 0.632. The Bertz CT molecular complexity index is 795. The van der Waals surface area contributed by atoms with E-state index in [4.69, 9.17) is 0 Å². The summed E-state index contributed by atoms with van der Waals surface area (Å²) in [7, 11) is 0. The van der Waals surface area contributed by atoms with E-state index in [1.54, 1.807) is 22.3 Å². The molecule has 110 valence electrons. The zero-order valence-electron chi connectivity index (χ0n) is 13.4. The Morgan fingerprint density at radius 1 is 1.14 bits per heavy atom. The summed E-state index contributed by atoms with van der Waals surface area (Å²) in [5.74, 6) is 1.61. The first-order chi connectivity index (χ1) is 10.7. The summed E-state index contributed by atoms with van der Waals surface area (Å²) in [5, 5.41) is 0. The Balaban J connectivity index is 1.71. The third-order valence-corrected chi connectivity index (χ3v) is 6.12. The lowest BCUT2D eigenvalue weighted by Gasteiger charge is -2.27. The van der Waals surface area contributed by atoms with E-state index in [0.29, 0.717) is 0 Å². The fraction of sp³-hybridized carbons (Fsp3) is 0.364. The highest BCUT2D eigenvalue weighted by Gasteiger charge is 2.44. The van der Waals surface area contributed by atoms with Crippen LogP contribution in [0.5, 0.6) is 0 Å². The van der Waals surface area contributed by atoms with Crippen LogP contribution in [0.3, 0.4) is 0 Å². The second-order valence-electron chi connectivity index (χ2n) is 7.69. The van der Waals surface area contributed by atoms with E-state index in [1.807, 2.05) is 0 Å². The summed E-state index contributed by atoms with van der Waals surface area (Å²) in [4.78, 5) is 0. The maximum absolute atomic E-state index is 2.51. The Labute approximate surface area is 132 Å². The standard InChI is InChI=1S/C22H22/c1-22(2)19-11-4-3-8-17(19)21-16(10-6-12-20(21)22)15-9-5-7-14-13-18(14)15/h3-5,7-11,14,18H,6,12-13H2,1-2H3. The van der Waals surface area contributed by atoms with Crippen molar-refractivity contribution in [3.63, 3.8) is 0 Å². The summed E-state index contributed by atoms with van der Waals surface area (Å²) in [6.45, 7) is 4.82. The van der Waals surface area contributed by atoms with Crippen LogP contribution in [0.4, 0.5) is 0 Å². The van der Waals surface area contributed by atoms with E-state index in [9.17, 15) is 0 Å². The lowest BCUT2D eigenvalue weighted by Crippen LogP contribution is -2.18. The Morgan fingerprint density at radius 2 is 2.00 bits per heavy atom. The maximum Gasteiger partial charge on any atom is 0.0121 e. The van der Waals surface area contributed by atoms with E-state index < -0.39 is 0 Å². The summed E-state index contributed by atoms with van der Waals surface area (Å²) in [5.41, 5.74) is 9.59. The lowest BCUT2D eigenvalue weighted by atomic mass is 9.76. The van der Waals surface area contributed by atoms with E-state index in [2.05, 4.69) is 62.4 Å². The predicted molar refractivity (Wildman–Crippen MR) is 92.5 cm³/mol. The van der Waals surface area contributed by atoms with Crippen LogP contribution in [0.2, 0.25) is 0 Å². The van der Waals surface area contributed by atoms with Gasteiger partial charge in [-0.3, -0.25) is 0 Å². The van der Waals surface area contributed by atoms with E-state index in [-0.39, 0.29) is 5.41 Å². The second kappa shape index (κ2) is 4.13. The van der Waals surface area contributed by atoms with Gasteiger partial charge in [0.15, 0.2) is 0 Å². The third kappa shape index (κ3) is 1.53. The highest BCUT2D eigenvalue weighted by atomic mass is 14.5. The smallest absolute Gasteiger partial charge is 0.0121 e. The zero-order valence-corrected chi connectivity index (χ0v) is 13.4. The van der Waals surface area contributed by atoms with Crippen molar-refractivity contribution >= 4 is 5.57 Å². The van der Waals surface area contributed by atoms with Crippen molar-refractivity contribution in [1.29, 1.82) is 0 Å². The first kappa shape index (κ1) is 12.7. The molecule has 0 N–H and O–H groups in total. The molecular formula is C22H22. The molecular weight excluding hydrogens is 264 g/mol. The van der Waals surface area contributed by atoms with Crippen LogP contribution in [0.15, 0.2) is 65.3 Å². The second-order valence-corrected chi connectivity index (χ2v) is 7.69. The van der Waals surface area contributed by atoms with Gasteiger partial charge in [-0.1, -0.05) is 68.0 Å². The molecule has 2 atom stereocenters. The molecule has 0 nitrogen and oxygen atoms in total. The fourth-order valence-electron chi connectivity index (χ4n) is 4.85. The van der Waals surface area contributed by atoms with Crippen LogP contribution in [0.25, 0.3) is 5.57 Å². The van der Waals surface area contributed by atoms with Gasteiger partial charge in [0.25, 0.3) is 0 Å². The van der Waals surface area contributed by atoms with Crippen molar-refractivity contribution in [1.82, 2.24) is 0 Å². The maximum atomic E-state index is 2.51. The minimum atomic E-state index is 0.194. The summed E-state index contributed by atoms with van der Waals surface area (Å²) < 4.78 is 0. The van der Waals surface area contributed by atoms with Crippen LogP contribution in [-0.4, -0.2) is 0 Å². The molecule has 0 aliphatic heterocycles. The highest BCUT2D eigenvalue weighted by Crippen LogP contribution is 2.57. The van der Waals surface area contributed by atoms with Gasteiger partial charge in [-0.05, 0) is 58.9 Å². The summed E-state index contributed by atoms with van der Waals surface area (Å²) in [6.07, 6.45) is 13.3. The van der Waals surface area contributed by atoms with E-state index in [0.717, 1.165) is 11.8 Å². The van der Waals surface area contributed by atoms with Crippen LogP contribution in [-0.2, 0) is 5.41 Å². The average Bonchev–Trinajstić information content (AvgIpc) is 3.29.